The molecule has 0 saturated carbocycles. The van der Waals surface area contributed by atoms with Gasteiger partial charge in [-0.25, -0.2) is 9.97 Å². The van der Waals surface area contributed by atoms with E-state index in [-0.39, 0.29) is 37.3 Å². The second-order valence-electron chi connectivity index (χ2n) is 13.3. The summed E-state index contributed by atoms with van der Waals surface area (Å²) in [4.78, 5) is 77.6. The van der Waals surface area contributed by atoms with Crippen LogP contribution in [0.5, 0.6) is 5.75 Å². The number of nitrogens with zero attached hydrogens (tertiary/aromatic N) is 3. The number of rotatable bonds is 5. The number of benzene rings is 1. The van der Waals surface area contributed by atoms with Crippen LogP contribution in [0.1, 0.15) is 74.8 Å². The van der Waals surface area contributed by atoms with Gasteiger partial charge in [0.15, 0.2) is 6.61 Å². The van der Waals surface area contributed by atoms with Gasteiger partial charge in [0, 0.05) is 37.3 Å². The van der Waals surface area contributed by atoms with E-state index in [1.807, 2.05) is 20.8 Å². The van der Waals surface area contributed by atoms with Gasteiger partial charge in [0.25, 0.3) is 5.91 Å². The van der Waals surface area contributed by atoms with E-state index in [9.17, 15) is 24.0 Å². The third kappa shape index (κ3) is 8.48. The van der Waals surface area contributed by atoms with E-state index < -0.39 is 41.9 Å². The lowest BCUT2D eigenvalue weighted by Gasteiger charge is -2.31. The van der Waals surface area contributed by atoms with Gasteiger partial charge in [-0.15, -0.1) is 0 Å². The van der Waals surface area contributed by atoms with Gasteiger partial charge in [-0.1, -0.05) is 26.0 Å². The SMILES string of the molecule is Cc1nc(CCNC(=O)[C@@H]2Cc3ccc(cc3)OCC(=O)N[C@H](C(C)C)C(=O)N3CCC[C@H]3C(=O)N[C@@H](C)C(=O)N2)nc2c1CCCC2. The molecule has 4 atom stereocenters. The number of hydrogen-bond donors (Lipinski definition) is 4. The zero-order chi connectivity index (χ0) is 34.4. The summed E-state index contributed by atoms with van der Waals surface area (Å²) < 4.78 is 5.69. The molecule has 2 bridgehead atoms. The lowest BCUT2D eigenvalue weighted by atomic mass is 9.95. The molecule has 48 heavy (non-hydrogen) atoms. The van der Waals surface area contributed by atoms with E-state index in [1.165, 1.54) is 10.5 Å². The first-order chi connectivity index (χ1) is 23.0. The Morgan fingerprint density at radius 3 is 2.50 bits per heavy atom. The first kappa shape index (κ1) is 34.8. The Kier molecular flexibility index (Phi) is 11.3. The molecule has 6 rings (SSSR count). The van der Waals surface area contributed by atoms with Gasteiger partial charge in [-0.2, -0.15) is 0 Å². The fourth-order valence-electron chi connectivity index (χ4n) is 6.57. The number of nitrogens with one attached hydrogen (secondary N) is 4. The van der Waals surface area contributed by atoms with E-state index in [1.54, 1.807) is 31.2 Å². The van der Waals surface area contributed by atoms with Crippen molar-refractivity contribution >= 4 is 29.5 Å². The molecule has 0 spiro atoms. The zero-order valence-electron chi connectivity index (χ0n) is 28.3. The van der Waals surface area contributed by atoms with Gasteiger partial charge in [-0.3, -0.25) is 24.0 Å². The van der Waals surface area contributed by atoms with Crippen molar-refractivity contribution in [1.29, 1.82) is 0 Å². The normalized spacial score (nSPS) is 23.9. The summed E-state index contributed by atoms with van der Waals surface area (Å²) in [6.07, 6.45) is 5.85. The van der Waals surface area contributed by atoms with E-state index in [2.05, 4.69) is 26.3 Å². The highest BCUT2D eigenvalue weighted by molar-refractivity contribution is 5.96. The van der Waals surface area contributed by atoms with Crippen LogP contribution in [0, 0.1) is 12.8 Å². The van der Waals surface area contributed by atoms with Crippen molar-refractivity contribution in [2.24, 2.45) is 5.92 Å². The summed E-state index contributed by atoms with van der Waals surface area (Å²) in [6, 6.07) is 3.35. The molecule has 4 N–H and O–H groups in total. The molecule has 1 aromatic heterocycles. The minimum absolute atomic E-state index is 0.175. The van der Waals surface area contributed by atoms with Crippen LogP contribution in [0.15, 0.2) is 24.3 Å². The molecule has 0 unspecified atom stereocenters. The predicted molar refractivity (Wildman–Crippen MR) is 177 cm³/mol. The van der Waals surface area contributed by atoms with Crippen LogP contribution in [0.4, 0.5) is 0 Å². The molecule has 4 heterocycles. The zero-order valence-corrected chi connectivity index (χ0v) is 28.3. The van der Waals surface area contributed by atoms with Crippen LogP contribution >= 0.6 is 0 Å². The summed E-state index contributed by atoms with van der Waals surface area (Å²) in [5.74, 6) is -1.31. The van der Waals surface area contributed by atoms with Crippen molar-refractivity contribution in [2.45, 2.75) is 103 Å². The Hall–Kier alpha value is -4.55. The fraction of sp³-hybridized carbons (Fsp3) is 0.571. The molecule has 1 saturated heterocycles. The second kappa shape index (κ2) is 15.6. The molecule has 13 nitrogen and oxygen atoms in total. The number of aromatic nitrogens is 2. The minimum Gasteiger partial charge on any atom is -0.484 e. The average Bonchev–Trinajstić information content (AvgIpc) is 3.56. The van der Waals surface area contributed by atoms with Gasteiger partial charge in [0.05, 0.1) is 0 Å². The molecular weight excluding hydrogens is 614 g/mol. The topological polar surface area (TPSA) is 172 Å². The van der Waals surface area contributed by atoms with Gasteiger partial charge in [0.2, 0.25) is 23.6 Å². The number of carbonyl (C=O) groups is 5. The van der Waals surface area contributed by atoms with Crippen molar-refractivity contribution in [2.75, 3.05) is 19.7 Å². The quantitative estimate of drug-likeness (QED) is 0.369. The maximum atomic E-state index is 13.6. The van der Waals surface area contributed by atoms with Crippen LogP contribution in [0.3, 0.4) is 0 Å². The number of hydrogen-bond acceptors (Lipinski definition) is 8. The highest BCUT2D eigenvalue weighted by Gasteiger charge is 2.39. The summed E-state index contributed by atoms with van der Waals surface area (Å²) >= 11 is 0. The Labute approximate surface area is 281 Å². The maximum Gasteiger partial charge on any atom is 0.258 e. The molecule has 13 heteroatoms. The van der Waals surface area contributed by atoms with Crippen LogP contribution in [0.25, 0.3) is 0 Å². The minimum atomic E-state index is -0.976. The predicted octanol–water partition coefficient (Wildman–Crippen LogP) is 1.08. The van der Waals surface area contributed by atoms with Gasteiger partial charge < -0.3 is 30.9 Å². The summed E-state index contributed by atoms with van der Waals surface area (Å²) in [7, 11) is 0. The lowest BCUT2D eigenvalue weighted by molar-refractivity contribution is -0.143. The molecular formula is C35H47N7O6. The Morgan fingerprint density at radius 2 is 1.75 bits per heavy atom. The first-order valence-corrected chi connectivity index (χ1v) is 17.1. The molecule has 4 aliphatic rings. The summed E-state index contributed by atoms with van der Waals surface area (Å²) in [6.45, 7) is 7.54. The van der Waals surface area contributed by atoms with Crippen LogP contribution < -0.4 is 26.0 Å². The second-order valence-corrected chi connectivity index (χ2v) is 13.3. The number of aryl methyl sites for hydroxylation is 2. The van der Waals surface area contributed by atoms with Crippen LogP contribution in [-0.2, 0) is 49.7 Å². The lowest BCUT2D eigenvalue weighted by Crippen LogP contribution is -2.58. The Bertz CT molecular complexity index is 1530. The standard InChI is InChI=1S/C35H47N7O6/c1-20(2)31-35(47)42-17-7-10-28(42)34(46)38-22(4)32(44)40-27(18-23-11-13-24(14-12-23)48-19-30(43)41-31)33(45)36-16-15-29-37-21(3)25-8-5-6-9-26(25)39-29/h11-14,20,22,27-28,31H,5-10,15-19H2,1-4H3,(H,36,45)(H,38,46)(H,40,44)(H,41,43)/t22-,27-,28-,31+/m0/s1. The van der Waals surface area contributed by atoms with E-state index in [0.29, 0.717) is 37.4 Å². The molecule has 5 amide bonds. The van der Waals surface area contributed by atoms with Crippen molar-refractivity contribution in [3.8, 4) is 5.75 Å². The van der Waals surface area contributed by atoms with Crippen LogP contribution in [-0.4, -0.2) is 88.3 Å². The molecule has 3 aliphatic heterocycles. The smallest absolute Gasteiger partial charge is 0.258 e. The highest BCUT2D eigenvalue weighted by atomic mass is 16.5. The summed E-state index contributed by atoms with van der Waals surface area (Å²) in [5, 5.41) is 11.3. The van der Waals surface area contributed by atoms with Crippen molar-refractivity contribution in [3.63, 3.8) is 0 Å². The number of carbonyl (C=O) groups excluding carboxylic acids is 5. The molecule has 1 aromatic carbocycles. The van der Waals surface area contributed by atoms with Crippen LogP contribution in [0.2, 0.25) is 0 Å². The number of amides is 5. The van der Waals surface area contributed by atoms with Gasteiger partial charge in [-0.05, 0) is 81.5 Å². The van der Waals surface area contributed by atoms with Gasteiger partial charge in [0.1, 0.15) is 35.7 Å². The highest BCUT2D eigenvalue weighted by Crippen LogP contribution is 2.23. The molecule has 258 valence electrons. The largest absolute Gasteiger partial charge is 0.484 e. The first-order valence-electron chi connectivity index (χ1n) is 17.1. The monoisotopic (exact) mass is 661 g/mol. The van der Waals surface area contributed by atoms with Crippen molar-refractivity contribution in [3.05, 3.63) is 52.6 Å². The molecule has 1 aliphatic carbocycles. The Balaban J connectivity index is 1.31. The summed E-state index contributed by atoms with van der Waals surface area (Å²) in [5.41, 5.74) is 4.07. The third-order valence-corrected chi connectivity index (χ3v) is 9.29. The number of ether oxygens (including phenoxy) is 1. The average molecular weight is 662 g/mol. The molecule has 1 fully saturated rings. The van der Waals surface area contributed by atoms with E-state index >= 15 is 0 Å². The Morgan fingerprint density at radius 1 is 1.00 bits per heavy atom. The van der Waals surface area contributed by atoms with Gasteiger partial charge >= 0.3 is 0 Å². The fourth-order valence-corrected chi connectivity index (χ4v) is 6.57. The molecule has 2 aromatic rings. The molecule has 0 radical (unpaired) electrons. The van der Waals surface area contributed by atoms with E-state index in [4.69, 9.17) is 9.72 Å². The van der Waals surface area contributed by atoms with E-state index in [0.717, 1.165) is 42.6 Å². The van der Waals surface area contributed by atoms with Crippen molar-refractivity contribution in [1.82, 2.24) is 36.1 Å². The maximum absolute atomic E-state index is 13.6. The third-order valence-electron chi connectivity index (χ3n) is 9.29. The number of fused-ring (bicyclic) bond motifs is 14. The van der Waals surface area contributed by atoms with Crippen molar-refractivity contribution < 1.29 is 28.7 Å².